The Hall–Kier alpha value is -3.93. The first-order chi connectivity index (χ1) is 19.1. The molecule has 5 nitrogen and oxygen atoms in total. The summed E-state index contributed by atoms with van der Waals surface area (Å²) in [6, 6.07) is 16.6. The van der Waals surface area contributed by atoms with Gasteiger partial charge in [0.15, 0.2) is 0 Å². The molecule has 0 unspecified atom stereocenters. The van der Waals surface area contributed by atoms with Crippen LogP contribution in [0, 0.1) is 5.82 Å². The van der Waals surface area contributed by atoms with Crippen molar-refractivity contribution in [1.82, 2.24) is 4.57 Å². The number of aromatic carboxylic acids is 1. The number of hydrogen-bond acceptors (Lipinski definition) is 3. The highest BCUT2D eigenvalue weighted by atomic mass is 19.1. The molecule has 0 saturated heterocycles. The molecule has 0 amide bonds. The Kier molecular flexibility index (Phi) is 5.98. The van der Waals surface area contributed by atoms with Crippen LogP contribution in [0.5, 0.6) is 5.75 Å². The number of hydrogen-bond donors (Lipinski definition) is 1. The predicted molar refractivity (Wildman–Crippen MR) is 151 cm³/mol. The van der Waals surface area contributed by atoms with Crippen LogP contribution in [0.15, 0.2) is 59.6 Å². The van der Waals surface area contributed by atoms with Crippen LogP contribution >= 0.6 is 0 Å². The molecular weight excluding hydrogens is 491 g/mol. The van der Waals surface area contributed by atoms with Gasteiger partial charge >= 0.3 is 5.97 Å². The zero-order chi connectivity index (χ0) is 26.5. The molecule has 39 heavy (non-hydrogen) atoms. The molecule has 1 aliphatic carbocycles. The summed E-state index contributed by atoms with van der Waals surface area (Å²) in [5, 5.41) is 10.9. The molecule has 3 heterocycles. The Bertz CT molecular complexity index is 1640. The molecule has 3 aliphatic rings. The van der Waals surface area contributed by atoms with Crippen LogP contribution in [0.2, 0.25) is 0 Å². The molecule has 1 aromatic heterocycles. The normalized spacial score (nSPS) is 17.3. The second-order valence-electron chi connectivity index (χ2n) is 11.0. The molecule has 4 aromatic rings. The zero-order valence-corrected chi connectivity index (χ0v) is 21.9. The maximum Gasteiger partial charge on any atom is 0.335 e. The number of nitrogens with zero attached hydrogens (tertiary/aromatic N) is 2. The maximum atomic E-state index is 14.6. The average Bonchev–Trinajstić information content (AvgIpc) is 3.07. The lowest BCUT2D eigenvalue weighted by molar-refractivity contribution is 0.0697. The summed E-state index contributed by atoms with van der Waals surface area (Å²) in [6.45, 7) is 1.14. The monoisotopic (exact) mass is 522 g/mol. The van der Waals surface area contributed by atoms with E-state index in [1.54, 1.807) is 18.2 Å². The van der Waals surface area contributed by atoms with Gasteiger partial charge in [-0.25, -0.2) is 9.18 Å². The lowest BCUT2D eigenvalue weighted by atomic mass is 9.81. The fourth-order valence-electron chi connectivity index (χ4n) is 6.91. The highest BCUT2D eigenvalue weighted by Gasteiger charge is 2.31. The van der Waals surface area contributed by atoms with Gasteiger partial charge in [-0.3, -0.25) is 4.99 Å². The topological polar surface area (TPSA) is 63.8 Å². The minimum absolute atomic E-state index is 0.243. The standard InChI is InChI=1S/C33H31FN2O3/c34-26-11-5-4-9-22(26)27-12-6-10-23-28(35-27)16-15-25-31-30(20-7-2-1-3-8-20)24-14-13-21(33(37)38)19-29(24)36(31)17-18-39-32(23)25/h4-5,9,11,13-16,19-20H,1-3,6-8,10,12,17-18H2,(H,37,38). The number of fused-ring (bicyclic) bond motifs is 7. The lowest BCUT2D eigenvalue weighted by Gasteiger charge is -2.24. The Morgan fingerprint density at radius 2 is 1.82 bits per heavy atom. The summed E-state index contributed by atoms with van der Waals surface area (Å²) in [5.41, 5.74) is 8.10. The van der Waals surface area contributed by atoms with Gasteiger partial charge in [-0.05, 0) is 73.9 Å². The fraction of sp³-hybridized carbons (Fsp3) is 0.333. The van der Waals surface area contributed by atoms with E-state index in [9.17, 15) is 14.3 Å². The lowest BCUT2D eigenvalue weighted by Crippen LogP contribution is -2.07. The van der Waals surface area contributed by atoms with E-state index in [0.717, 1.165) is 70.6 Å². The molecular formula is C33H31FN2O3. The number of carboxylic acid groups (broad SMARTS) is 1. The van der Waals surface area contributed by atoms with Gasteiger partial charge < -0.3 is 14.4 Å². The summed E-state index contributed by atoms with van der Waals surface area (Å²) in [7, 11) is 0. The molecule has 0 spiro atoms. The molecule has 0 atom stereocenters. The quantitative estimate of drug-likeness (QED) is 0.296. The van der Waals surface area contributed by atoms with Crippen LogP contribution < -0.4 is 4.74 Å². The summed E-state index contributed by atoms with van der Waals surface area (Å²) < 4.78 is 23.4. The van der Waals surface area contributed by atoms with Gasteiger partial charge in [0, 0.05) is 27.6 Å². The van der Waals surface area contributed by atoms with Gasteiger partial charge in [0.1, 0.15) is 18.2 Å². The van der Waals surface area contributed by atoms with Crippen molar-refractivity contribution in [1.29, 1.82) is 0 Å². The van der Waals surface area contributed by atoms with Crippen molar-refractivity contribution < 1.29 is 19.0 Å². The minimum Gasteiger partial charge on any atom is -0.491 e. The van der Waals surface area contributed by atoms with E-state index in [0.29, 0.717) is 36.6 Å². The maximum absolute atomic E-state index is 14.6. The van der Waals surface area contributed by atoms with E-state index < -0.39 is 5.97 Å². The molecule has 6 heteroatoms. The first kappa shape index (κ1) is 24.1. The van der Waals surface area contributed by atoms with E-state index in [2.05, 4.69) is 16.7 Å². The van der Waals surface area contributed by atoms with Crippen molar-refractivity contribution in [2.24, 2.45) is 4.99 Å². The Morgan fingerprint density at radius 1 is 0.974 bits per heavy atom. The number of aliphatic imine (C=N–C) groups is 1. The number of aromatic nitrogens is 1. The van der Waals surface area contributed by atoms with Crippen LogP contribution in [0.3, 0.4) is 0 Å². The van der Waals surface area contributed by atoms with Crippen molar-refractivity contribution in [3.8, 4) is 17.0 Å². The second kappa shape index (κ2) is 9.67. The molecule has 1 N–H and O–H groups in total. The SMILES string of the molecule is O=C(O)c1ccc2c(C3CCCCC3)c3n(c2c1)CCOc1c-3ccc2c1CCCC(c1ccccc1F)=N2. The molecule has 0 bridgehead atoms. The highest BCUT2D eigenvalue weighted by Crippen LogP contribution is 2.49. The number of halogens is 1. The van der Waals surface area contributed by atoms with E-state index >= 15 is 0 Å². The first-order valence-electron chi connectivity index (χ1n) is 14.1. The van der Waals surface area contributed by atoms with Crippen LogP contribution in [0.25, 0.3) is 22.2 Å². The van der Waals surface area contributed by atoms with E-state index in [4.69, 9.17) is 9.73 Å². The smallest absolute Gasteiger partial charge is 0.335 e. The summed E-state index contributed by atoms with van der Waals surface area (Å²) in [6.07, 6.45) is 8.35. The summed E-state index contributed by atoms with van der Waals surface area (Å²) in [4.78, 5) is 16.8. The number of carboxylic acids is 1. The second-order valence-corrected chi connectivity index (χ2v) is 11.0. The molecule has 3 aromatic carbocycles. The van der Waals surface area contributed by atoms with Crippen molar-refractivity contribution in [2.45, 2.75) is 63.8 Å². The predicted octanol–water partition coefficient (Wildman–Crippen LogP) is 8.04. The van der Waals surface area contributed by atoms with Crippen molar-refractivity contribution in [3.63, 3.8) is 0 Å². The van der Waals surface area contributed by atoms with Gasteiger partial charge in [-0.15, -0.1) is 0 Å². The molecule has 198 valence electrons. The van der Waals surface area contributed by atoms with Gasteiger partial charge in [-0.2, -0.15) is 0 Å². The minimum atomic E-state index is -0.911. The fourth-order valence-corrected chi connectivity index (χ4v) is 6.91. The molecule has 2 aliphatic heterocycles. The molecule has 0 radical (unpaired) electrons. The van der Waals surface area contributed by atoms with Gasteiger partial charge in [-0.1, -0.05) is 43.5 Å². The highest BCUT2D eigenvalue weighted by molar-refractivity contribution is 6.03. The molecule has 7 rings (SSSR count). The third kappa shape index (κ3) is 4.05. The largest absolute Gasteiger partial charge is 0.491 e. The zero-order valence-electron chi connectivity index (χ0n) is 21.9. The number of rotatable bonds is 3. The third-order valence-electron chi connectivity index (χ3n) is 8.70. The summed E-state index contributed by atoms with van der Waals surface area (Å²) in [5.74, 6) is 0.158. The number of benzene rings is 3. The summed E-state index contributed by atoms with van der Waals surface area (Å²) >= 11 is 0. The third-order valence-corrected chi connectivity index (χ3v) is 8.70. The molecule has 1 fully saturated rings. The van der Waals surface area contributed by atoms with Crippen molar-refractivity contribution in [3.05, 3.63) is 82.7 Å². The van der Waals surface area contributed by atoms with E-state index in [1.807, 2.05) is 18.2 Å². The Labute approximate surface area is 227 Å². The average molecular weight is 523 g/mol. The van der Waals surface area contributed by atoms with Gasteiger partial charge in [0.2, 0.25) is 0 Å². The number of ether oxygens (including phenoxy) is 1. The Morgan fingerprint density at radius 3 is 2.64 bits per heavy atom. The molecule has 1 saturated carbocycles. The number of carbonyl (C=O) groups is 1. The van der Waals surface area contributed by atoms with Crippen molar-refractivity contribution >= 4 is 28.3 Å². The van der Waals surface area contributed by atoms with Crippen LogP contribution in [-0.4, -0.2) is 28.0 Å². The van der Waals surface area contributed by atoms with Gasteiger partial charge in [0.25, 0.3) is 0 Å². The van der Waals surface area contributed by atoms with E-state index in [-0.39, 0.29) is 5.82 Å². The van der Waals surface area contributed by atoms with Gasteiger partial charge in [0.05, 0.1) is 29.2 Å². The van der Waals surface area contributed by atoms with Crippen molar-refractivity contribution in [2.75, 3.05) is 6.61 Å². The Balaban J connectivity index is 1.44. The van der Waals surface area contributed by atoms with Crippen LogP contribution in [0.1, 0.15) is 77.9 Å². The van der Waals surface area contributed by atoms with Crippen LogP contribution in [-0.2, 0) is 13.0 Å². The van der Waals surface area contributed by atoms with E-state index in [1.165, 1.54) is 30.9 Å². The first-order valence-corrected chi connectivity index (χ1v) is 14.1. The van der Waals surface area contributed by atoms with Crippen LogP contribution in [0.4, 0.5) is 10.1 Å².